The Labute approximate surface area is 183 Å². The zero-order valence-corrected chi connectivity index (χ0v) is 18.7. The number of benzene rings is 1. The lowest BCUT2D eigenvalue weighted by Crippen LogP contribution is -2.50. The van der Waals surface area contributed by atoms with Crippen LogP contribution in [0.25, 0.3) is 0 Å². The van der Waals surface area contributed by atoms with Crippen molar-refractivity contribution in [3.8, 4) is 0 Å². The number of fused-ring (bicyclic) bond motifs is 1. The highest BCUT2D eigenvalue weighted by Gasteiger charge is 2.36. The van der Waals surface area contributed by atoms with Crippen molar-refractivity contribution in [3.05, 3.63) is 29.1 Å². The summed E-state index contributed by atoms with van der Waals surface area (Å²) in [5.74, 6) is -0.754. The van der Waals surface area contributed by atoms with Gasteiger partial charge in [0.2, 0.25) is 11.8 Å². The van der Waals surface area contributed by atoms with Gasteiger partial charge in [0.1, 0.15) is 5.82 Å². The Bertz CT molecular complexity index is 896. The van der Waals surface area contributed by atoms with Crippen molar-refractivity contribution in [3.63, 3.8) is 0 Å². The van der Waals surface area contributed by atoms with E-state index in [9.17, 15) is 18.8 Å². The summed E-state index contributed by atoms with van der Waals surface area (Å²) in [5.41, 5.74) is 1.68. The van der Waals surface area contributed by atoms with Crippen LogP contribution in [0, 0.1) is 11.2 Å². The van der Waals surface area contributed by atoms with E-state index in [4.69, 9.17) is 0 Å². The van der Waals surface area contributed by atoms with E-state index in [0.29, 0.717) is 17.6 Å². The normalized spacial score (nSPS) is 22.0. The fourth-order valence-electron chi connectivity index (χ4n) is 5.01. The molecular formula is C24H32FN3O3. The quantitative estimate of drug-likeness (QED) is 0.691. The van der Waals surface area contributed by atoms with Crippen molar-refractivity contribution in [1.29, 1.82) is 0 Å². The summed E-state index contributed by atoms with van der Waals surface area (Å²) >= 11 is 0. The minimum Gasteiger partial charge on any atom is -0.342 e. The molecule has 0 spiro atoms. The highest BCUT2D eigenvalue weighted by molar-refractivity contribution is 6.04. The molecule has 0 saturated carbocycles. The molecule has 2 amide bonds. The van der Waals surface area contributed by atoms with Crippen LogP contribution in [0.4, 0.5) is 10.1 Å². The molecule has 0 unspecified atom stereocenters. The highest BCUT2D eigenvalue weighted by atomic mass is 19.1. The van der Waals surface area contributed by atoms with Gasteiger partial charge in [-0.2, -0.15) is 0 Å². The first-order valence-electron chi connectivity index (χ1n) is 11.3. The van der Waals surface area contributed by atoms with Gasteiger partial charge in [-0.05, 0) is 55.7 Å². The van der Waals surface area contributed by atoms with Crippen LogP contribution in [0.5, 0.6) is 0 Å². The van der Waals surface area contributed by atoms with E-state index in [2.05, 4.69) is 18.7 Å². The van der Waals surface area contributed by atoms with E-state index >= 15 is 0 Å². The molecule has 3 heterocycles. The summed E-state index contributed by atoms with van der Waals surface area (Å²) < 4.78 is 14.4. The third-order valence-electron chi connectivity index (χ3n) is 7.17. The van der Waals surface area contributed by atoms with Gasteiger partial charge in [-0.3, -0.25) is 19.3 Å². The van der Waals surface area contributed by atoms with Gasteiger partial charge in [-0.15, -0.1) is 0 Å². The smallest absolute Gasteiger partial charge is 0.236 e. The Morgan fingerprint density at radius 1 is 1.10 bits per heavy atom. The average molecular weight is 430 g/mol. The van der Waals surface area contributed by atoms with E-state index in [1.54, 1.807) is 4.90 Å². The van der Waals surface area contributed by atoms with Crippen molar-refractivity contribution >= 4 is 23.3 Å². The van der Waals surface area contributed by atoms with Crippen LogP contribution < -0.4 is 4.90 Å². The number of halogens is 1. The second kappa shape index (κ2) is 8.34. The van der Waals surface area contributed by atoms with Gasteiger partial charge in [0.05, 0.1) is 24.2 Å². The van der Waals surface area contributed by atoms with Crippen LogP contribution in [0.1, 0.15) is 62.4 Å². The van der Waals surface area contributed by atoms with Gasteiger partial charge in [0.15, 0.2) is 5.78 Å². The summed E-state index contributed by atoms with van der Waals surface area (Å²) in [7, 11) is 0. The fourth-order valence-corrected chi connectivity index (χ4v) is 5.01. The van der Waals surface area contributed by atoms with Crippen molar-refractivity contribution in [2.45, 2.75) is 58.9 Å². The number of hydrogen-bond acceptors (Lipinski definition) is 4. The number of carbonyl (C=O) groups excluding carboxylic acids is 3. The number of anilines is 1. The lowest BCUT2D eigenvalue weighted by molar-refractivity contribution is -0.134. The molecule has 3 aliphatic heterocycles. The molecule has 1 aromatic rings. The lowest BCUT2D eigenvalue weighted by atomic mass is 9.82. The predicted octanol–water partition coefficient (Wildman–Crippen LogP) is 3.03. The molecule has 0 aliphatic carbocycles. The number of Topliss-reactive ketones (excluding diaryl/α,β-unsaturated/α-hetero) is 1. The minimum absolute atomic E-state index is 0.00142. The zero-order chi connectivity index (χ0) is 22.3. The largest absolute Gasteiger partial charge is 0.342 e. The van der Waals surface area contributed by atoms with Crippen LogP contribution in [-0.4, -0.2) is 66.2 Å². The molecule has 4 rings (SSSR count). The Balaban J connectivity index is 1.35. The molecule has 7 heteroatoms. The number of carbonyl (C=O) groups is 3. The number of piperidine rings is 2. The molecule has 0 bridgehead atoms. The lowest BCUT2D eigenvalue weighted by Gasteiger charge is -2.39. The van der Waals surface area contributed by atoms with E-state index in [1.165, 1.54) is 19.1 Å². The van der Waals surface area contributed by atoms with Crippen molar-refractivity contribution in [2.75, 3.05) is 37.6 Å². The van der Waals surface area contributed by atoms with Crippen molar-refractivity contribution in [1.82, 2.24) is 9.80 Å². The summed E-state index contributed by atoms with van der Waals surface area (Å²) in [6.07, 6.45) is 3.79. The summed E-state index contributed by atoms with van der Waals surface area (Å²) in [6.45, 7) is 9.40. The second-order valence-corrected chi connectivity index (χ2v) is 10.0. The van der Waals surface area contributed by atoms with Gasteiger partial charge in [0.25, 0.3) is 0 Å². The number of ketones is 1. The third-order valence-corrected chi connectivity index (χ3v) is 7.17. The van der Waals surface area contributed by atoms with Crippen LogP contribution in [0.3, 0.4) is 0 Å². The van der Waals surface area contributed by atoms with Gasteiger partial charge in [0, 0.05) is 32.2 Å². The van der Waals surface area contributed by atoms with Crippen LogP contribution >= 0.6 is 0 Å². The molecule has 0 radical (unpaired) electrons. The van der Waals surface area contributed by atoms with E-state index in [-0.39, 0.29) is 35.6 Å². The maximum atomic E-state index is 14.4. The average Bonchev–Trinajstić information content (AvgIpc) is 3.02. The van der Waals surface area contributed by atoms with Crippen LogP contribution in [0.2, 0.25) is 0 Å². The molecule has 2 fully saturated rings. The Hall–Kier alpha value is -2.28. The molecular weight excluding hydrogens is 397 g/mol. The monoisotopic (exact) mass is 429 g/mol. The first kappa shape index (κ1) is 21.9. The molecule has 168 valence electrons. The maximum absolute atomic E-state index is 14.4. The first-order valence-corrected chi connectivity index (χ1v) is 11.3. The molecule has 3 aliphatic rings. The number of nitrogens with zero attached hydrogens (tertiary/aromatic N) is 3. The van der Waals surface area contributed by atoms with Gasteiger partial charge in [-0.1, -0.05) is 13.8 Å². The van der Waals surface area contributed by atoms with Gasteiger partial charge < -0.3 is 9.80 Å². The number of likely N-dealkylation sites (tertiary alicyclic amines) is 2. The van der Waals surface area contributed by atoms with E-state index in [0.717, 1.165) is 57.4 Å². The Kier molecular flexibility index (Phi) is 5.90. The first-order chi connectivity index (χ1) is 14.6. The van der Waals surface area contributed by atoms with E-state index in [1.807, 2.05) is 4.90 Å². The fraction of sp³-hybridized carbons (Fsp3) is 0.625. The van der Waals surface area contributed by atoms with Crippen molar-refractivity contribution < 1.29 is 18.8 Å². The minimum atomic E-state index is -0.571. The molecule has 0 N–H and O–H groups in total. The zero-order valence-electron chi connectivity index (χ0n) is 18.7. The maximum Gasteiger partial charge on any atom is 0.236 e. The van der Waals surface area contributed by atoms with Crippen LogP contribution in [-0.2, 0) is 16.0 Å². The standard InChI is InChI=1S/C24H32FN3O3/c1-16(29)19-12-17-13-22(30)28(21(17)14-20(19)25)18-4-8-26(9-5-18)15-23(31)27-10-6-24(2,3)7-11-27/h12,14,18H,4-11,13,15H2,1-3H3. The van der Waals surface area contributed by atoms with Crippen LogP contribution in [0.15, 0.2) is 12.1 Å². The summed E-state index contributed by atoms with van der Waals surface area (Å²) in [5, 5.41) is 0. The third kappa shape index (κ3) is 4.52. The molecule has 2 saturated heterocycles. The van der Waals surface area contributed by atoms with E-state index < -0.39 is 5.82 Å². The van der Waals surface area contributed by atoms with Crippen molar-refractivity contribution in [2.24, 2.45) is 5.41 Å². The summed E-state index contributed by atoms with van der Waals surface area (Å²) in [6, 6.07) is 2.86. The highest BCUT2D eigenvalue weighted by Crippen LogP contribution is 2.35. The Morgan fingerprint density at radius 3 is 2.35 bits per heavy atom. The molecule has 0 aromatic heterocycles. The number of amides is 2. The van der Waals surface area contributed by atoms with Gasteiger partial charge in [-0.25, -0.2) is 4.39 Å². The Morgan fingerprint density at radius 2 is 1.74 bits per heavy atom. The molecule has 6 nitrogen and oxygen atoms in total. The molecule has 1 aromatic carbocycles. The van der Waals surface area contributed by atoms with Gasteiger partial charge >= 0.3 is 0 Å². The second-order valence-electron chi connectivity index (χ2n) is 10.0. The number of rotatable bonds is 4. The SMILES string of the molecule is CC(=O)c1cc2c(cc1F)N(C1CCN(CC(=O)N3CCC(C)(C)CC3)CC1)C(=O)C2. The number of hydrogen-bond donors (Lipinski definition) is 0. The topological polar surface area (TPSA) is 60.9 Å². The summed E-state index contributed by atoms with van der Waals surface area (Å²) in [4.78, 5) is 42.9. The molecule has 0 atom stereocenters. The predicted molar refractivity (Wildman–Crippen MR) is 117 cm³/mol. The molecule has 31 heavy (non-hydrogen) atoms.